The van der Waals surface area contributed by atoms with E-state index in [9.17, 15) is 8.42 Å². The highest BCUT2D eigenvalue weighted by atomic mass is 32.3. The Morgan fingerprint density at radius 3 is 1.33 bits per heavy atom. The minimum absolute atomic E-state index is 0.0450. The fourth-order valence-corrected chi connectivity index (χ4v) is 5.22. The number of allylic oxidation sites excluding steroid dienone is 1. The summed E-state index contributed by atoms with van der Waals surface area (Å²) >= 11 is 0. The first kappa shape index (κ1) is 35.6. The van der Waals surface area contributed by atoms with E-state index in [2.05, 4.69) is 30.2 Å². The van der Waals surface area contributed by atoms with Crippen LogP contribution in [0.3, 0.4) is 0 Å². The van der Waals surface area contributed by atoms with E-state index in [1.54, 1.807) is 0 Å². The van der Waals surface area contributed by atoms with Gasteiger partial charge in [-0.05, 0) is 19.3 Å². The molecule has 0 rings (SSSR count). The van der Waals surface area contributed by atoms with Crippen LogP contribution in [0.2, 0.25) is 0 Å². The molecule has 0 heterocycles. The van der Waals surface area contributed by atoms with Crippen LogP contribution in [0.5, 0.6) is 0 Å². The number of hydrogen-bond acceptors (Lipinski definition) is 3. The lowest BCUT2D eigenvalue weighted by Crippen LogP contribution is -2.12. The average molecular weight is 531 g/mol. The molecule has 0 aromatic heterocycles. The van der Waals surface area contributed by atoms with Crippen molar-refractivity contribution in [2.45, 2.75) is 174 Å². The number of hydrogen-bond donors (Lipinski definition) is 1. The maximum Gasteiger partial charge on any atom is 0.397 e. The molecular weight excluding hydrogens is 468 g/mol. The van der Waals surface area contributed by atoms with E-state index in [1.807, 2.05) is 0 Å². The minimum atomic E-state index is -4.36. The van der Waals surface area contributed by atoms with Crippen molar-refractivity contribution in [3.05, 3.63) is 12.2 Å². The van der Waals surface area contributed by atoms with E-state index >= 15 is 0 Å². The van der Waals surface area contributed by atoms with Crippen LogP contribution in [0.4, 0.5) is 0 Å². The predicted molar refractivity (Wildman–Crippen MR) is 157 cm³/mol. The van der Waals surface area contributed by atoms with Crippen LogP contribution in [0, 0.1) is 5.92 Å². The van der Waals surface area contributed by atoms with Gasteiger partial charge in [-0.3, -0.25) is 4.55 Å². The van der Waals surface area contributed by atoms with Gasteiger partial charge >= 0.3 is 10.4 Å². The molecule has 5 heteroatoms. The first-order valence-electron chi connectivity index (χ1n) is 15.8. The van der Waals surface area contributed by atoms with E-state index in [0.717, 1.165) is 19.3 Å². The first-order valence-corrected chi connectivity index (χ1v) is 17.1. The van der Waals surface area contributed by atoms with Gasteiger partial charge in [0.1, 0.15) is 0 Å². The molecule has 1 N–H and O–H groups in total. The molecule has 0 spiro atoms. The Balaban J connectivity index is 3.63. The summed E-state index contributed by atoms with van der Waals surface area (Å²) in [5.74, 6) is 0.0592. The molecule has 0 saturated carbocycles. The molecule has 0 aliphatic rings. The molecule has 0 aliphatic heterocycles. The number of rotatable bonds is 29. The highest BCUT2D eigenvalue weighted by Crippen LogP contribution is 2.17. The summed E-state index contributed by atoms with van der Waals surface area (Å²) in [7, 11) is -4.36. The van der Waals surface area contributed by atoms with Crippen LogP contribution in [0.1, 0.15) is 174 Å². The molecule has 0 amide bonds. The summed E-state index contributed by atoms with van der Waals surface area (Å²) in [5, 5.41) is 0. The van der Waals surface area contributed by atoms with E-state index in [0.29, 0.717) is 0 Å². The molecule has 0 aromatic rings. The van der Waals surface area contributed by atoms with Crippen LogP contribution in [0.15, 0.2) is 12.2 Å². The van der Waals surface area contributed by atoms with Gasteiger partial charge in [0.15, 0.2) is 0 Å². The second-order valence-corrected chi connectivity index (χ2v) is 12.0. The topological polar surface area (TPSA) is 63.6 Å². The molecule has 1 atom stereocenters. The summed E-state index contributed by atoms with van der Waals surface area (Å²) in [4.78, 5) is 0. The Hall–Kier alpha value is -0.390. The Bertz CT molecular complexity index is 559. The lowest BCUT2D eigenvalue weighted by molar-refractivity contribution is 0.234. The zero-order chi connectivity index (χ0) is 26.6. The van der Waals surface area contributed by atoms with Crippen molar-refractivity contribution in [3.8, 4) is 0 Å². The third-order valence-electron chi connectivity index (χ3n) is 7.24. The van der Waals surface area contributed by atoms with Gasteiger partial charge in [0, 0.05) is 5.92 Å². The summed E-state index contributed by atoms with van der Waals surface area (Å²) in [5.41, 5.74) is 0. The monoisotopic (exact) mass is 530 g/mol. The zero-order valence-electron chi connectivity index (χ0n) is 24.2. The van der Waals surface area contributed by atoms with Crippen LogP contribution >= 0.6 is 0 Å². The second kappa shape index (κ2) is 27.6. The molecular formula is C31H62O4S. The van der Waals surface area contributed by atoms with Crippen molar-refractivity contribution in [1.82, 2.24) is 0 Å². The predicted octanol–water partition coefficient (Wildman–Crippen LogP) is 10.8. The molecule has 1 unspecified atom stereocenters. The molecule has 216 valence electrons. The Kier molecular flexibility index (Phi) is 27.3. The standard InChI is InChI=1S/C31H62O4S/c1-3-5-7-9-11-12-13-14-15-16-17-18-19-20-21-22-23-25-27-29-31(30-35-36(32,33)34)28-26-24-10-8-6-4-2/h27,29,31H,3-26,28,30H2,1-2H3,(H,32,33,34)/b29-27+. The highest BCUT2D eigenvalue weighted by molar-refractivity contribution is 7.80. The molecule has 0 aromatic carbocycles. The van der Waals surface area contributed by atoms with Crippen LogP contribution < -0.4 is 0 Å². The normalized spacial score (nSPS) is 13.1. The third kappa shape index (κ3) is 29.8. The van der Waals surface area contributed by atoms with E-state index < -0.39 is 10.4 Å². The van der Waals surface area contributed by atoms with E-state index in [1.165, 1.54) is 141 Å². The van der Waals surface area contributed by atoms with Gasteiger partial charge in [-0.2, -0.15) is 8.42 Å². The van der Waals surface area contributed by atoms with Crippen LogP contribution in [-0.4, -0.2) is 19.6 Å². The second-order valence-electron chi connectivity index (χ2n) is 10.9. The molecule has 4 nitrogen and oxygen atoms in total. The fraction of sp³-hybridized carbons (Fsp3) is 0.935. The van der Waals surface area contributed by atoms with Gasteiger partial charge < -0.3 is 0 Å². The van der Waals surface area contributed by atoms with E-state index in [-0.39, 0.29) is 12.5 Å². The average Bonchev–Trinajstić information content (AvgIpc) is 2.85. The molecule has 0 radical (unpaired) electrons. The van der Waals surface area contributed by atoms with Gasteiger partial charge in [-0.15, -0.1) is 0 Å². The lowest BCUT2D eigenvalue weighted by Gasteiger charge is -2.12. The molecule has 0 saturated heterocycles. The summed E-state index contributed by atoms with van der Waals surface area (Å²) in [6.45, 7) is 4.54. The van der Waals surface area contributed by atoms with E-state index in [4.69, 9.17) is 4.55 Å². The summed E-state index contributed by atoms with van der Waals surface area (Å²) < 4.78 is 35.4. The first-order chi connectivity index (χ1) is 17.5. The SMILES string of the molecule is CCCCCCCCCCCCCCCCCCC/C=C/C(CCCCCCCC)COS(=O)(=O)O. The van der Waals surface area contributed by atoms with Gasteiger partial charge in [-0.1, -0.05) is 167 Å². The maximum atomic E-state index is 10.9. The highest BCUT2D eigenvalue weighted by Gasteiger charge is 2.11. The molecule has 0 bridgehead atoms. The van der Waals surface area contributed by atoms with Crippen molar-refractivity contribution in [1.29, 1.82) is 0 Å². The molecule has 0 fully saturated rings. The zero-order valence-corrected chi connectivity index (χ0v) is 25.0. The quantitative estimate of drug-likeness (QED) is 0.0593. The van der Waals surface area contributed by atoms with Crippen molar-refractivity contribution >= 4 is 10.4 Å². The largest absolute Gasteiger partial charge is 0.397 e. The number of unbranched alkanes of at least 4 members (excludes halogenated alkanes) is 22. The maximum absolute atomic E-state index is 10.9. The van der Waals surface area contributed by atoms with Crippen molar-refractivity contribution in [2.75, 3.05) is 6.61 Å². The molecule has 0 aliphatic carbocycles. The van der Waals surface area contributed by atoms with Crippen LogP contribution in [0.25, 0.3) is 0 Å². The minimum Gasteiger partial charge on any atom is -0.264 e. The van der Waals surface area contributed by atoms with Crippen molar-refractivity contribution in [3.63, 3.8) is 0 Å². The Morgan fingerprint density at radius 1 is 0.583 bits per heavy atom. The third-order valence-corrected chi connectivity index (χ3v) is 7.68. The van der Waals surface area contributed by atoms with Gasteiger partial charge in [0.05, 0.1) is 6.61 Å². The summed E-state index contributed by atoms with van der Waals surface area (Å²) in [6.07, 6.45) is 37.1. The lowest BCUT2D eigenvalue weighted by atomic mass is 9.99. The van der Waals surface area contributed by atoms with Gasteiger partial charge in [0.2, 0.25) is 0 Å². The summed E-state index contributed by atoms with van der Waals surface area (Å²) in [6, 6.07) is 0. The molecule has 36 heavy (non-hydrogen) atoms. The Labute approximate surface area is 226 Å². The van der Waals surface area contributed by atoms with Crippen molar-refractivity contribution in [2.24, 2.45) is 5.92 Å². The van der Waals surface area contributed by atoms with Crippen LogP contribution in [-0.2, 0) is 14.6 Å². The van der Waals surface area contributed by atoms with Gasteiger partial charge in [0.25, 0.3) is 0 Å². The Morgan fingerprint density at radius 2 is 0.944 bits per heavy atom. The van der Waals surface area contributed by atoms with Gasteiger partial charge in [-0.25, -0.2) is 4.18 Å². The van der Waals surface area contributed by atoms with Crippen molar-refractivity contribution < 1.29 is 17.2 Å². The smallest absolute Gasteiger partial charge is 0.264 e. The fourth-order valence-electron chi connectivity index (χ4n) is 4.87.